The Morgan fingerprint density at radius 2 is 1.66 bits per heavy atom. The minimum atomic E-state index is -0.574. The first-order valence-electron chi connectivity index (χ1n) is 9.10. The molecule has 0 aliphatic carbocycles. The summed E-state index contributed by atoms with van der Waals surface area (Å²) >= 11 is 8.64. The SMILES string of the molecule is CCCCCNC(=O)[C@@H](N)Cc1cc(I)c(Oc2cc(I)c(O)c(I)c2)c(I)c1. The number of halogens is 4. The Kier molecular flexibility index (Phi) is 11.0. The number of amides is 1. The van der Waals surface area contributed by atoms with Crippen LogP contribution < -0.4 is 15.8 Å². The molecule has 2 aromatic carbocycles. The Bertz CT molecular complexity index is 831. The largest absolute Gasteiger partial charge is 0.506 e. The maximum Gasteiger partial charge on any atom is 0.237 e. The molecule has 1 amide bonds. The second kappa shape index (κ2) is 12.4. The quantitative estimate of drug-likeness (QED) is 0.221. The van der Waals surface area contributed by atoms with Gasteiger partial charge in [0.25, 0.3) is 0 Å². The molecule has 0 heterocycles. The molecule has 0 bridgehead atoms. The summed E-state index contributed by atoms with van der Waals surface area (Å²) in [4.78, 5) is 12.2. The standard InChI is InChI=1S/C20H22I4N2O3/c1-2-3-4-5-26-20(28)17(25)8-11-6-15(23)19(16(24)7-11)29-12-9-13(21)18(27)14(22)10-12/h6-7,9-10,17,27H,2-5,8,25H2,1H3,(H,26,28)/t17-/m0/s1. The van der Waals surface area contributed by atoms with Gasteiger partial charge in [0.15, 0.2) is 5.75 Å². The number of phenols is 1. The lowest BCUT2D eigenvalue weighted by Gasteiger charge is -2.16. The third-order valence-corrected chi connectivity index (χ3v) is 7.39. The van der Waals surface area contributed by atoms with Crippen molar-refractivity contribution in [1.29, 1.82) is 0 Å². The summed E-state index contributed by atoms with van der Waals surface area (Å²) in [6.07, 6.45) is 3.68. The minimum absolute atomic E-state index is 0.111. The van der Waals surface area contributed by atoms with E-state index in [1.807, 2.05) is 12.1 Å². The van der Waals surface area contributed by atoms with Gasteiger partial charge in [-0.15, -0.1) is 0 Å². The van der Waals surface area contributed by atoms with Crippen molar-refractivity contribution in [2.45, 2.75) is 38.6 Å². The highest BCUT2D eigenvalue weighted by Gasteiger charge is 2.17. The number of carbonyl (C=O) groups excluding carboxylic acids is 1. The van der Waals surface area contributed by atoms with E-state index in [9.17, 15) is 9.90 Å². The molecule has 0 saturated carbocycles. The molecule has 0 unspecified atom stereocenters. The van der Waals surface area contributed by atoms with E-state index < -0.39 is 6.04 Å². The number of aromatic hydroxyl groups is 1. The van der Waals surface area contributed by atoms with Gasteiger partial charge in [-0.05, 0) is 133 Å². The van der Waals surface area contributed by atoms with Crippen LogP contribution in [-0.4, -0.2) is 23.6 Å². The minimum Gasteiger partial charge on any atom is -0.506 e. The van der Waals surface area contributed by atoms with Gasteiger partial charge in [0.05, 0.1) is 20.3 Å². The predicted molar refractivity (Wildman–Crippen MR) is 150 cm³/mol. The van der Waals surface area contributed by atoms with Crippen LogP contribution in [0.25, 0.3) is 0 Å². The topological polar surface area (TPSA) is 84.6 Å². The first-order valence-corrected chi connectivity index (χ1v) is 13.4. The van der Waals surface area contributed by atoms with Crippen LogP contribution in [0.5, 0.6) is 17.2 Å². The number of hydrogen-bond donors (Lipinski definition) is 3. The normalized spacial score (nSPS) is 11.9. The lowest BCUT2D eigenvalue weighted by Crippen LogP contribution is -2.42. The number of hydrogen-bond acceptors (Lipinski definition) is 4. The molecule has 0 aromatic heterocycles. The van der Waals surface area contributed by atoms with Gasteiger partial charge in [-0.1, -0.05) is 19.8 Å². The van der Waals surface area contributed by atoms with Crippen molar-refractivity contribution in [3.8, 4) is 17.2 Å². The van der Waals surface area contributed by atoms with Crippen molar-refractivity contribution in [3.63, 3.8) is 0 Å². The highest BCUT2D eigenvalue weighted by Crippen LogP contribution is 2.36. The maximum atomic E-state index is 12.2. The number of carbonyl (C=O) groups is 1. The lowest BCUT2D eigenvalue weighted by atomic mass is 10.1. The second-order valence-electron chi connectivity index (χ2n) is 6.53. The summed E-state index contributed by atoms with van der Waals surface area (Å²) in [5, 5.41) is 12.8. The third kappa shape index (κ3) is 7.79. The van der Waals surface area contributed by atoms with E-state index in [0.29, 0.717) is 18.7 Å². The fourth-order valence-electron chi connectivity index (χ4n) is 2.61. The second-order valence-corrected chi connectivity index (χ2v) is 11.2. The lowest BCUT2D eigenvalue weighted by molar-refractivity contribution is -0.122. The highest BCUT2D eigenvalue weighted by molar-refractivity contribution is 14.1. The molecule has 2 rings (SSSR count). The van der Waals surface area contributed by atoms with Gasteiger partial charge < -0.3 is 20.9 Å². The van der Waals surface area contributed by atoms with E-state index in [4.69, 9.17) is 10.5 Å². The maximum absolute atomic E-state index is 12.2. The van der Waals surface area contributed by atoms with Crippen LogP contribution in [-0.2, 0) is 11.2 Å². The Morgan fingerprint density at radius 3 is 2.21 bits per heavy atom. The summed E-state index contributed by atoms with van der Waals surface area (Å²) in [6, 6.07) is 7.03. The molecule has 4 N–H and O–H groups in total. The molecule has 29 heavy (non-hydrogen) atoms. The fourth-order valence-corrected chi connectivity index (χ4v) is 6.44. The highest BCUT2D eigenvalue weighted by atomic mass is 127. The number of rotatable bonds is 9. The number of benzene rings is 2. The van der Waals surface area contributed by atoms with Crippen LogP contribution in [0.4, 0.5) is 0 Å². The zero-order valence-corrected chi connectivity index (χ0v) is 24.4. The molecule has 2 aromatic rings. The van der Waals surface area contributed by atoms with Crippen molar-refractivity contribution in [1.82, 2.24) is 5.32 Å². The van der Waals surface area contributed by atoms with Gasteiger partial charge in [0.2, 0.25) is 5.91 Å². The molecular formula is C20H22I4N2O3. The molecule has 0 fully saturated rings. The van der Waals surface area contributed by atoms with Gasteiger partial charge in [-0.2, -0.15) is 0 Å². The number of nitrogens with one attached hydrogen (secondary N) is 1. The zero-order chi connectivity index (χ0) is 21.6. The molecule has 1 atom stereocenters. The van der Waals surface area contributed by atoms with Crippen LogP contribution in [0.15, 0.2) is 24.3 Å². The van der Waals surface area contributed by atoms with Gasteiger partial charge in [0.1, 0.15) is 11.5 Å². The molecule has 0 aliphatic heterocycles. The van der Waals surface area contributed by atoms with Gasteiger partial charge in [-0.25, -0.2) is 0 Å². The van der Waals surface area contributed by atoms with E-state index in [2.05, 4.69) is 103 Å². The number of phenolic OH excluding ortho intramolecular Hbond substituents is 1. The summed E-state index contributed by atoms with van der Waals surface area (Å²) < 4.78 is 9.46. The smallest absolute Gasteiger partial charge is 0.237 e. The van der Waals surface area contributed by atoms with Crippen LogP contribution in [0, 0.1) is 14.3 Å². The van der Waals surface area contributed by atoms with Gasteiger partial charge in [-0.3, -0.25) is 4.79 Å². The van der Waals surface area contributed by atoms with E-state index in [-0.39, 0.29) is 11.7 Å². The summed E-state index contributed by atoms with van der Waals surface area (Å²) in [5.74, 6) is 1.58. The van der Waals surface area contributed by atoms with Crippen molar-refractivity contribution in [3.05, 3.63) is 44.1 Å². The van der Waals surface area contributed by atoms with Crippen LogP contribution in [0.1, 0.15) is 31.7 Å². The van der Waals surface area contributed by atoms with Crippen LogP contribution >= 0.6 is 90.4 Å². The Morgan fingerprint density at radius 1 is 1.07 bits per heavy atom. The van der Waals surface area contributed by atoms with Gasteiger partial charge in [0, 0.05) is 6.54 Å². The van der Waals surface area contributed by atoms with Crippen LogP contribution in [0.2, 0.25) is 0 Å². The Labute approximate surface area is 225 Å². The number of ether oxygens (including phenoxy) is 1. The summed E-state index contributed by atoms with van der Waals surface area (Å²) in [7, 11) is 0. The molecule has 0 aliphatic rings. The van der Waals surface area contributed by atoms with Crippen LogP contribution in [0.3, 0.4) is 0 Å². The van der Waals surface area contributed by atoms with Crippen molar-refractivity contribution in [2.75, 3.05) is 6.54 Å². The average Bonchev–Trinajstić information content (AvgIpc) is 2.66. The molecular weight excluding hydrogens is 824 g/mol. The summed E-state index contributed by atoms with van der Waals surface area (Å²) in [5.41, 5.74) is 7.10. The first-order chi connectivity index (χ1) is 13.7. The van der Waals surface area contributed by atoms with E-state index in [1.54, 1.807) is 12.1 Å². The first kappa shape index (κ1) is 25.6. The van der Waals surface area contributed by atoms with E-state index >= 15 is 0 Å². The van der Waals surface area contributed by atoms with Gasteiger partial charge >= 0.3 is 0 Å². The van der Waals surface area contributed by atoms with E-state index in [0.717, 1.165) is 44.9 Å². The summed E-state index contributed by atoms with van der Waals surface area (Å²) in [6.45, 7) is 2.81. The van der Waals surface area contributed by atoms with E-state index in [1.165, 1.54) is 0 Å². The predicted octanol–water partition coefficient (Wildman–Crippen LogP) is 5.78. The molecule has 158 valence electrons. The number of unbranched alkanes of at least 4 members (excludes halogenated alkanes) is 2. The Hall–Kier alpha value is 0.390. The fraction of sp³-hybridized carbons (Fsp3) is 0.350. The number of nitrogens with two attached hydrogens (primary N) is 1. The van der Waals surface area contributed by atoms with Crippen molar-refractivity contribution >= 4 is 96.3 Å². The average molecular weight is 846 g/mol. The van der Waals surface area contributed by atoms with Crippen molar-refractivity contribution in [2.24, 2.45) is 5.73 Å². The monoisotopic (exact) mass is 846 g/mol. The molecule has 5 nitrogen and oxygen atoms in total. The Balaban J connectivity index is 2.08. The molecule has 0 radical (unpaired) electrons. The molecule has 9 heteroatoms. The van der Waals surface area contributed by atoms with Crippen molar-refractivity contribution < 1.29 is 14.6 Å². The molecule has 0 saturated heterocycles. The zero-order valence-electron chi connectivity index (χ0n) is 15.8. The molecule has 0 spiro atoms. The third-order valence-electron chi connectivity index (χ3n) is 4.14.